The summed E-state index contributed by atoms with van der Waals surface area (Å²) in [7, 11) is 4.28. The molecule has 0 unspecified atom stereocenters. The lowest BCUT2D eigenvalue weighted by molar-refractivity contribution is 0.252. The molecule has 0 aliphatic carbocycles. The number of likely N-dealkylation sites (tertiary alicyclic amines) is 1. The second-order valence-corrected chi connectivity index (χ2v) is 5.98. The molecular weight excluding hydrogens is 272 g/mol. The summed E-state index contributed by atoms with van der Waals surface area (Å²) in [4.78, 5) is 9.18. The maximum absolute atomic E-state index is 6.41. The quantitative estimate of drug-likeness (QED) is 0.904. The van der Waals surface area contributed by atoms with Crippen LogP contribution >= 0.6 is 11.6 Å². The predicted octanol–water partition coefficient (Wildman–Crippen LogP) is 2.37. The molecule has 1 N–H and O–H groups in total. The molecule has 1 aromatic heterocycles. The van der Waals surface area contributed by atoms with Gasteiger partial charge in [-0.2, -0.15) is 0 Å². The van der Waals surface area contributed by atoms with Crippen LogP contribution in [0.3, 0.4) is 0 Å². The van der Waals surface area contributed by atoms with E-state index in [2.05, 4.69) is 41.1 Å². The number of aromatic nitrogens is 1. The van der Waals surface area contributed by atoms with Gasteiger partial charge in [0.2, 0.25) is 0 Å². The van der Waals surface area contributed by atoms with Gasteiger partial charge >= 0.3 is 0 Å². The summed E-state index contributed by atoms with van der Waals surface area (Å²) in [6.45, 7) is 6.16. The predicted molar refractivity (Wildman–Crippen MR) is 85.5 cm³/mol. The van der Waals surface area contributed by atoms with E-state index < -0.39 is 0 Å². The van der Waals surface area contributed by atoms with Crippen LogP contribution < -0.4 is 10.2 Å². The first kappa shape index (κ1) is 15.5. The Labute approximate surface area is 127 Å². The summed E-state index contributed by atoms with van der Waals surface area (Å²) in [6, 6.07) is 2.56. The van der Waals surface area contributed by atoms with Crippen molar-refractivity contribution in [2.75, 3.05) is 38.6 Å². The molecule has 0 spiro atoms. The average Bonchev–Trinajstić information content (AvgIpc) is 2.45. The Morgan fingerprint density at radius 2 is 2.15 bits per heavy atom. The first-order valence-electron chi connectivity index (χ1n) is 7.38. The first-order chi connectivity index (χ1) is 9.61. The Morgan fingerprint density at radius 1 is 1.45 bits per heavy atom. The van der Waals surface area contributed by atoms with Gasteiger partial charge < -0.3 is 15.1 Å². The van der Waals surface area contributed by atoms with E-state index >= 15 is 0 Å². The molecule has 0 radical (unpaired) electrons. The van der Waals surface area contributed by atoms with Crippen molar-refractivity contribution >= 4 is 17.4 Å². The van der Waals surface area contributed by atoms with Gasteiger partial charge in [0.15, 0.2) is 0 Å². The highest BCUT2D eigenvalue weighted by atomic mass is 35.5. The van der Waals surface area contributed by atoms with E-state index in [9.17, 15) is 0 Å². The second-order valence-electron chi connectivity index (χ2n) is 5.57. The second kappa shape index (κ2) is 7.25. The molecule has 0 bridgehead atoms. The fourth-order valence-corrected chi connectivity index (χ4v) is 2.97. The molecule has 0 aromatic carbocycles. The lowest BCUT2D eigenvalue weighted by Gasteiger charge is -2.36. The normalized spacial score (nSPS) is 17.4. The number of nitrogens with zero attached hydrogens (tertiary/aromatic N) is 3. The molecule has 1 saturated heterocycles. The minimum absolute atomic E-state index is 0.538. The van der Waals surface area contributed by atoms with Crippen LogP contribution in [0.2, 0.25) is 5.02 Å². The number of pyridine rings is 1. The zero-order chi connectivity index (χ0) is 14.5. The third-order valence-corrected chi connectivity index (χ3v) is 4.31. The number of hydrogen-bond donors (Lipinski definition) is 1. The summed E-state index contributed by atoms with van der Waals surface area (Å²) in [5.41, 5.74) is 1.14. The van der Waals surface area contributed by atoms with E-state index in [4.69, 9.17) is 11.6 Å². The lowest BCUT2D eigenvalue weighted by atomic mass is 10.0. The molecule has 1 aliphatic rings. The van der Waals surface area contributed by atoms with Crippen LogP contribution in [0.5, 0.6) is 0 Å². The summed E-state index contributed by atoms with van der Waals surface area (Å²) >= 11 is 6.41. The van der Waals surface area contributed by atoms with Gasteiger partial charge in [-0.25, -0.2) is 4.98 Å². The molecule has 1 aromatic rings. The van der Waals surface area contributed by atoms with Gasteiger partial charge in [0.25, 0.3) is 0 Å². The highest BCUT2D eigenvalue weighted by Crippen LogP contribution is 2.27. The summed E-state index contributed by atoms with van der Waals surface area (Å²) in [5, 5.41) is 4.04. The Bertz CT molecular complexity index is 430. The molecule has 1 aliphatic heterocycles. The smallest absolute Gasteiger partial charge is 0.147 e. The molecule has 0 atom stereocenters. The van der Waals surface area contributed by atoms with E-state index in [0.717, 1.165) is 42.6 Å². The van der Waals surface area contributed by atoms with Gasteiger partial charge in [-0.15, -0.1) is 0 Å². The van der Waals surface area contributed by atoms with Crippen LogP contribution in [-0.4, -0.2) is 49.7 Å². The fourth-order valence-electron chi connectivity index (χ4n) is 2.65. The van der Waals surface area contributed by atoms with Gasteiger partial charge in [0.05, 0.1) is 5.02 Å². The molecule has 5 heteroatoms. The van der Waals surface area contributed by atoms with Crippen molar-refractivity contribution in [2.45, 2.75) is 32.4 Å². The van der Waals surface area contributed by atoms with Gasteiger partial charge in [0, 0.05) is 25.8 Å². The van der Waals surface area contributed by atoms with Crippen LogP contribution in [0.15, 0.2) is 12.3 Å². The van der Waals surface area contributed by atoms with E-state index in [1.807, 2.05) is 12.3 Å². The van der Waals surface area contributed by atoms with Gasteiger partial charge in [-0.1, -0.05) is 18.5 Å². The van der Waals surface area contributed by atoms with Crippen molar-refractivity contribution in [2.24, 2.45) is 0 Å². The highest BCUT2D eigenvalue weighted by Gasteiger charge is 2.22. The zero-order valence-corrected chi connectivity index (χ0v) is 13.5. The maximum Gasteiger partial charge on any atom is 0.147 e. The van der Waals surface area contributed by atoms with Crippen molar-refractivity contribution in [1.82, 2.24) is 15.2 Å². The summed E-state index contributed by atoms with van der Waals surface area (Å²) in [6.07, 6.45) is 4.27. The largest absolute Gasteiger partial charge is 0.355 e. The first-order valence-corrected chi connectivity index (χ1v) is 7.76. The topological polar surface area (TPSA) is 31.4 Å². The number of halogens is 1. The van der Waals surface area contributed by atoms with Gasteiger partial charge in [-0.05, 0) is 51.2 Å². The molecule has 2 rings (SSSR count). The lowest BCUT2D eigenvalue weighted by Crippen LogP contribution is -2.42. The fraction of sp³-hybridized carbons (Fsp3) is 0.667. The molecule has 112 valence electrons. The van der Waals surface area contributed by atoms with E-state index in [-0.39, 0.29) is 0 Å². The molecule has 0 saturated carbocycles. The Hall–Kier alpha value is -0.840. The third-order valence-electron chi connectivity index (χ3n) is 4.03. The van der Waals surface area contributed by atoms with E-state index in [1.165, 1.54) is 12.8 Å². The number of piperidine rings is 1. The molecule has 4 nitrogen and oxygen atoms in total. The summed E-state index contributed by atoms with van der Waals surface area (Å²) < 4.78 is 0. The minimum Gasteiger partial charge on any atom is -0.355 e. The average molecular weight is 297 g/mol. The minimum atomic E-state index is 0.538. The zero-order valence-electron chi connectivity index (χ0n) is 12.7. The van der Waals surface area contributed by atoms with Crippen LogP contribution in [0.25, 0.3) is 0 Å². The van der Waals surface area contributed by atoms with Gasteiger partial charge in [-0.3, -0.25) is 0 Å². The van der Waals surface area contributed by atoms with Crippen molar-refractivity contribution in [3.05, 3.63) is 22.8 Å². The monoisotopic (exact) mass is 296 g/mol. The molecule has 0 amide bonds. The maximum atomic E-state index is 6.41. The number of rotatable bonds is 5. The van der Waals surface area contributed by atoms with Crippen LogP contribution in [-0.2, 0) is 6.54 Å². The Kier molecular flexibility index (Phi) is 5.64. The van der Waals surface area contributed by atoms with Crippen molar-refractivity contribution in [3.8, 4) is 0 Å². The highest BCUT2D eigenvalue weighted by molar-refractivity contribution is 6.33. The standard InChI is InChI=1S/C15H25ClN4/c1-4-17-10-12-9-14(16)15(18-11-12)20(3)13-5-7-19(2)8-6-13/h9,11,13,17H,4-8,10H2,1-3H3. The van der Waals surface area contributed by atoms with Crippen molar-refractivity contribution in [3.63, 3.8) is 0 Å². The van der Waals surface area contributed by atoms with Crippen LogP contribution in [0, 0.1) is 0 Å². The van der Waals surface area contributed by atoms with Crippen molar-refractivity contribution < 1.29 is 0 Å². The molecule has 20 heavy (non-hydrogen) atoms. The molecule has 1 fully saturated rings. The third kappa shape index (κ3) is 3.84. The molecular formula is C15H25ClN4. The Balaban J connectivity index is 2.04. The number of anilines is 1. The number of hydrogen-bond acceptors (Lipinski definition) is 4. The van der Waals surface area contributed by atoms with Crippen molar-refractivity contribution in [1.29, 1.82) is 0 Å². The van der Waals surface area contributed by atoms with Crippen LogP contribution in [0.1, 0.15) is 25.3 Å². The van der Waals surface area contributed by atoms with Crippen LogP contribution in [0.4, 0.5) is 5.82 Å². The summed E-state index contributed by atoms with van der Waals surface area (Å²) in [5.74, 6) is 0.904. The Morgan fingerprint density at radius 3 is 2.75 bits per heavy atom. The van der Waals surface area contributed by atoms with E-state index in [1.54, 1.807) is 0 Å². The molecule has 2 heterocycles. The SMILES string of the molecule is CCNCc1cnc(N(C)C2CCN(C)CC2)c(Cl)c1. The van der Waals surface area contributed by atoms with Gasteiger partial charge in [0.1, 0.15) is 5.82 Å². The number of nitrogens with one attached hydrogen (secondary N) is 1. The van der Waals surface area contributed by atoms with E-state index in [0.29, 0.717) is 6.04 Å².